The number of methoxy groups -OCH3 is 1. The lowest BCUT2D eigenvalue weighted by molar-refractivity contribution is 0.134. The number of halogens is 2. The minimum atomic E-state index is -0.283. The van der Waals surface area contributed by atoms with E-state index in [0.29, 0.717) is 19.0 Å². The molecule has 0 aromatic heterocycles. The lowest BCUT2D eigenvalue weighted by Gasteiger charge is -2.13. The number of alkyl halides is 2. The van der Waals surface area contributed by atoms with Gasteiger partial charge in [0, 0.05) is 25.4 Å². The molecular formula is C9H15Cl2NO2. The Balaban J connectivity index is 0.000000791. The van der Waals surface area contributed by atoms with Gasteiger partial charge in [-0.05, 0) is 12.5 Å². The van der Waals surface area contributed by atoms with Gasteiger partial charge in [-0.25, -0.2) is 4.79 Å². The number of rotatable bonds is 1. The normalized spacial score (nSPS) is 15.1. The summed E-state index contributed by atoms with van der Waals surface area (Å²) in [6, 6.07) is 0. The molecule has 0 radical (unpaired) electrons. The summed E-state index contributed by atoms with van der Waals surface area (Å²) < 4.78 is 4.59. The van der Waals surface area contributed by atoms with Crippen LogP contribution >= 0.6 is 23.2 Å². The maximum absolute atomic E-state index is 11.1. The lowest BCUT2D eigenvalue weighted by atomic mass is 10.2. The Morgan fingerprint density at radius 2 is 2.07 bits per heavy atom. The molecule has 5 heteroatoms. The van der Waals surface area contributed by atoms with Gasteiger partial charge in [0.05, 0.1) is 7.11 Å². The van der Waals surface area contributed by atoms with Crippen LogP contribution in [0.15, 0.2) is 11.1 Å². The molecule has 0 aromatic carbocycles. The average molecular weight is 240 g/mol. The first-order chi connectivity index (χ1) is 6.69. The monoisotopic (exact) mass is 239 g/mol. The summed E-state index contributed by atoms with van der Waals surface area (Å²) in [4.78, 5) is 12.7. The molecule has 0 aromatic rings. The Bertz CT molecular complexity index is 229. The van der Waals surface area contributed by atoms with Gasteiger partial charge < -0.3 is 9.64 Å². The largest absolute Gasteiger partial charge is 0.453 e. The highest BCUT2D eigenvalue weighted by Gasteiger charge is 2.22. The van der Waals surface area contributed by atoms with Gasteiger partial charge in [0.25, 0.3) is 0 Å². The van der Waals surface area contributed by atoms with Crippen LogP contribution in [0.25, 0.3) is 0 Å². The van der Waals surface area contributed by atoms with E-state index in [4.69, 9.17) is 11.6 Å². The van der Waals surface area contributed by atoms with E-state index < -0.39 is 0 Å². The Kier molecular flexibility index (Phi) is 6.75. The summed E-state index contributed by atoms with van der Waals surface area (Å²) in [6.07, 6.45) is 1.19. The van der Waals surface area contributed by atoms with Crippen molar-refractivity contribution in [3.05, 3.63) is 11.1 Å². The Labute approximate surface area is 94.6 Å². The van der Waals surface area contributed by atoms with E-state index >= 15 is 0 Å². The molecule has 1 amide bonds. The van der Waals surface area contributed by atoms with Gasteiger partial charge in [-0.2, -0.15) is 0 Å². The number of nitrogens with zero attached hydrogens (tertiary/aromatic N) is 1. The molecule has 3 nitrogen and oxygen atoms in total. The maximum atomic E-state index is 11.1. The number of ether oxygens (including phenoxy) is 1. The summed E-state index contributed by atoms with van der Waals surface area (Å²) in [5.41, 5.74) is 2.30. The van der Waals surface area contributed by atoms with Crippen LogP contribution in [0.5, 0.6) is 0 Å². The summed E-state index contributed by atoms with van der Waals surface area (Å²) in [6.45, 7) is 3.25. The van der Waals surface area contributed by atoms with Crippen LogP contribution in [0.4, 0.5) is 4.79 Å². The molecule has 0 fully saturated rings. The quantitative estimate of drug-likeness (QED) is 0.520. The molecule has 0 atom stereocenters. The molecule has 1 aliphatic rings. The molecule has 82 valence electrons. The fourth-order valence-electron chi connectivity index (χ4n) is 1.23. The van der Waals surface area contributed by atoms with Crippen molar-refractivity contribution < 1.29 is 9.53 Å². The average Bonchev–Trinajstić information content (AvgIpc) is 2.61. The predicted octanol–water partition coefficient (Wildman–Crippen LogP) is 2.48. The number of carbonyl (C=O) groups excluding carboxylic acids is 1. The first kappa shape index (κ1) is 13.6. The number of hydrogen-bond donors (Lipinski definition) is 0. The zero-order valence-corrected chi connectivity index (χ0v) is 10.2. The van der Waals surface area contributed by atoms with Crippen molar-refractivity contribution in [1.82, 2.24) is 4.90 Å². The molecule has 0 saturated carbocycles. The predicted molar refractivity (Wildman–Crippen MR) is 59.2 cm³/mol. The highest BCUT2D eigenvalue weighted by molar-refractivity contribution is 6.19. The molecule has 1 aliphatic heterocycles. The van der Waals surface area contributed by atoms with E-state index in [1.54, 1.807) is 4.90 Å². The first-order valence-electron chi connectivity index (χ1n) is 4.13. The van der Waals surface area contributed by atoms with Crippen LogP contribution in [0.3, 0.4) is 0 Å². The summed E-state index contributed by atoms with van der Waals surface area (Å²) in [5.74, 6) is 0.499. The van der Waals surface area contributed by atoms with Crippen LogP contribution in [0.1, 0.15) is 6.92 Å². The van der Waals surface area contributed by atoms with Crippen LogP contribution in [-0.2, 0) is 4.74 Å². The van der Waals surface area contributed by atoms with Crippen molar-refractivity contribution in [1.29, 1.82) is 0 Å². The van der Waals surface area contributed by atoms with Crippen LogP contribution in [0, 0.1) is 0 Å². The third-order valence-electron chi connectivity index (χ3n) is 2.01. The third-order valence-corrected chi connectivity index (χ3v) is 2.33. The molecule has 0 N–H and O–H groups in total. The van der Waals surface area contributed by atoms with Gasteiger partial charge in [-0.15, -0.1) is 23.2 Å². The van der Waals surface area contributed by atoms with Crippen molar-refractivity contribution in [2.45, 2.75) is 6.92 Å². The second-order valence-electron chi connectivity index (χ2n) is 2.84. The number of amides is 1. The van der Waals surface area contributed by atoms with Crippen LogP contribution in [-0.4, -0.2) is 43.5 Å². The zero-order chi connectivity index (χ0) is 11.1. The smallest absolute Gasteiger partial charge is 0.410 e. The van der Waals surface area contributed by atoms with Crippen molar-refractivity contribution in [3.63, 3.8) is 0 Å². The van der Waals surface area contributed by atoms with E-state index in [1.807, 2.05) is 6.92 Å². The second kappa shape index (κ2) is 6.96. The minimum Gasteiger partial charge on any atom is -0.453 e. The van der Waals surface area contributed by atoms with Gasteiger partial charge in [-0.3, -0.25) is 0 Å². The Hall–Kier alpha value is -0.410. The molecule has 0 spiro atoms. The van der Waals surface area contributed by atoms with Crippen LogP contribution in [0.2, 0.25) is 0 Å². The molecule has 14 heavy (non-hydrogen) atoms. The first-order valence-corrected chi connectivity index (χ1v) is 5.42. The SMILES string of the molecule is CCl.COC(=O)N1CC(C)=C(CCl)C1. The molecular weight excluding hydrogens is 225 g/mol. The summed E-state index contributed by atoms with van der Waals surface area (Å²) in [5, 5.41) is 0. The molecule has 0 saturated heterocycles. The van der Waals surface area contributed by atoms with E-state index in [9.17, 15) is 4.79 Å². The van der Waals surface area contributed by atoms with Gasteiger partial charge in [0.15, 0.2) is 0 Å². The molecule has 1 heterocycles. The highest BCUT2D eigenvalue weighted by atomic mass is 35.5. The molecule has 0 unspecified atom stereocenters. The minimum absolute atomic E-state index is 0.283. The van der Waals surface area contributed by atoms with E-state index in [0.717, 1.165) is 5.57 Å². The van der Waals surface area contributed by atoms with Gasteiger partial charge in [0.2, 0.25) is 0 Å². The van der Waals surface area contributed by atoms with Crippen molar-refractivity contribution >= 4 is 29.3 Å². The Morgan fingerprint density at radius 3 is 2.43 bits per heavy atom. The second-order valence-corrected chi connectivity index (χ2v) is 3.11. The van der Waals surface area contributed by atoms with Crippen molar-refractivity contribution in [2.75, 3.05) is 32.5 Å². The fourth-order valence-corrected chi connectivity index (χ4v) is 1.55. The molecule has 0 aliphatic carbocycles. The van der Waals surface area contributed by atoms with E-state index in [1.165, 1.54) is 19.1 Å². The summed E-state index contributed by atoms with van der Waals surface area (Å²) in [7, 11) is 1.39. The van der Waals surface area contributed by atoms with Gasteiger partial charge >= 0.3 is 6.09 Å². The Morgan fingerprint density at radius 1 is 1.50 bits per heavy atom. The van der Waals surface area contributed by atoms with E-state index in [2.05, 4.69) is 16.3 Å². The highest BCUT2D eigenvalue weighted by Crippen LogP contribution is 2.18. The molecule has 1 rings (SSSR count). The third kappa shape index (κ3) is 3.39. The zero-order valence-electron chi connectivity index (χ0n) is 8.64. The number of hydrogen-bond acceptors (Lipinski definition) is 2. The topological polar surface area (TPSA) is 29.5 Å². The summed E-state index contributed by atoms with van der Waals surface area (Å²) >= 11 is 10.3. The van der Waals surface area contributed by atoms with Gasteiger partial charge in [0.1, 0.15) is 0 Å². The van der Waals surface area contributed by atoms with Crippen molar-refractivity contribution in [2.24, 2.45) is 0 Å². The lowest BCUT2D eigenvalue weighted by Crippen LogP contribution is -2.29. The van der Waals surface area contributed by atoms with E-state index in [-0.39, 0.29) is 6.09 Å². The van der Waals surface area contributed by atoms with Crippen molar-refractivity contribution in [3.8, 4) is 0 Å². The van der Waals surface area contributed by atoms with Crippen LogP contribution < -0.4 is 0 Å². The standard InChI is InChI=1S/C8H12ClNO2.CH3Cl/c1-6-4-10(8(11)12-2)5-7(6)3-9;1-2/h3-5H2,1-2H3;1H3. The molecule has 0 bridgehead atoms. The maximum Gasteiger partial charge on any atom is 0.410 e. The fraction of sp³-hybridized carbons (Fsp3) is 0.667. The number of carbonyl (C=O) groups is 1. The van der Waals surface area contributed by atoms with Gasteiger partial charge in [-0.1, -0.05) is 5.57 Å².